The summed E-state index contributed by atoms with van der Waals surface area (Å²) in [5.41, 5.74) is 0. The Hall–Kier alpha value is 0.760. The van der Waals surface area contributed by atoms with E-state index < -0.39 is 19.0 Å². The maximum absolute atomic E-state index is 10.2. The van der Waals surface area contributed by atoms with E-state index >= 15 is 0 Å². The standard InChI is InChI=1S/C13H30N.2C5H11N.CH4Cl2O6P2/c1-5-8-11-14(4,12-9-6-2)13-10-7-3;2*1-2-4-6-5-3-1;2-1(3,10(4,5)6)11(7,8)9/h5-13H2,1-4H3;2*6H,1-5H2;(H2,4,5,6)(H2,7,8,9)/q+1;;;. The lowest BCUT2D eigenvalue weighted by Crippen LogP contribution is -2.46. The molecule has 2 rings (SSSR count). The molecule has 0 saturated carbocycles. The number of halogens is 2. The molecule has 0 radical (unpaired) electrons. The molecule has 0 bridgehead atoms. The van der Waals surface area contributed by atoms with Gasteiger partial charge in [-0.3, -0.25) is 9.13 Å². The molecule has 2 fully saturated rings. The van der Waals surface area contributed by atoms with Crippen LogP contribution < -0.4 is 10.6 Å². The molecule has 0 amide bonds. The highest BCUT2D eigenvalue weighted by Crippen LogP contribution is 2.73. The molecule has 0 atom stereocenters. The zero-order valence-corrected chi connectivity index (χ0v) is 26.9. The van der Waals surface area contributed by atoms with Crippen molar-refractivity contribution in [1.29, 1.82) is 0 Å². The number of quaternary nitrogens is 1. The Labute approximate surface area is 236 Å². The Bertz CT molecular complexity index is 547. The maximum Gasteiger partial charge on any atom is 0.373 e. The Balaban J connectivity index is 0. The number of piperidine rings is 2. The lowest BCUT2D eigenvalue weighted by atomic mass is 10.2. The topological polar surface area (TPSA) is 139 Å². The molecule has 2 aliphatic heterocycles. The van der Waals surface area contributed by atoms with E-state index in [-0.39, 0.29) is 0 Å². The van der Waals surface area contributed by atoms with E-state index in [9.17, 15) is 9.13 Å². The molecular weight excluding hydrogens is 559 g/mol. The quantitative estimate of drug-likeness (QED) is 0.0977. The second kappa shape index (κ2) is 22.4. The van der Waals surface area contributed by atoms with Crippen molar-refractivity contribution in [3.63, 3.8) is 0 Å². The Morgan fingerprint density at radius 3 is 1.03 bits per heavy atom. The fraction of sp³-hybridized carbons (Fsp3) is 1.00. The van der Waals surface area contributed by atoms with Crippen molar-refractivity contribution >= 4 is 38.4 Å². The van der Waals surface area contributed by atoms with E-state index in [1.165, 1.54) is 127 Å². The molecule has 6 N–H and O–H groups in total. The first-order valence-electron chi connectivity index (χ1n) is 13.9. The summed E-state index contributed by atoms with van der Waals surface area (Å²) in [5.74, 6) is 0. The second-order valence-electron chi connectivity index (χ2n) is 10.1. The van der Waals surface area contributed by atoms with Crippen molar-refractivity contribution in [3.8, 4) is 0 Å². The number of nitrogens with one attached hydrogen (secondary N) is 2. The summed E-state index contributed by atoms with van der Waals surface area (Å²) >= 11 is 9.46. The molecule has 0 aromatic rings. The Kier molecular flexibility index (Phi) is 24.2. The van der Waals surface area contributed by atoms with Gasteiger partial charge in [0.15, 0.2) is 0 Å². The van der Waals surface area contributed by atoms with E-state index in [0.29, 0.717) is 0 Å². The van der Waals surface area contributed by atoms with Gasteiger partial charge < -0.3 is 34.7 Å². The first-order valence-corrected chi connectivity index (χ1v) is 17.9. The third-order valence-electron chi connectivity index (χ3n) is 6.27. The Morgan fingerprint density at radius 2 is 0.919 bits per heavy atom. The van der Waals surface area contributed by atoms with Crippen LogP contribution in [0.2, 0.25) is 0 Å². The highest BCUT2D eigenvalue weighted by Gasteiger charge is 2.58. The van der Waals surface area contributed by atoms with Crippen LogP contribution in [0.3, 0.4) is 0 Å². The fourth-order valence-corrected chi connectivity index (χ4v) is 5.09. The summed E-state index contributed by atoms with van der Waals surface area (Å²) in [6.07, 6.45) is 16.6. The summed E-state index contributed by atoms with van der Waals surface area (Å²) in [6, 6.07) is 0. The number of hydrogen-bond donors (Lipinski definition) is 6. The molecular formula is C24H56Cl2N3O6P2+. The van der Waals surface area contributed by atoms with Gasteiger partial charge in [0.1, 0.15) is 0 Å². The zero-order valence-electron chi connectivity index (χ0n) is 23.6. The fourth-order valence-electron chi connectivity index (χ4n) is 3.73. The van der Waals surface area contributed by atoms with Crippen LogP contribution in [0.25, 0.3) is 0 Å². The number of rotatable bonds is 11. The van der Waals surface area contributed by atoms with Crippen LogP contribution in [-0.2, 0) is 9.13 Å². The van der Waals surface area contributed by atoms with Crippen molar-refractivity contribution in [2.75, 3.05) is 52.9 Å². The molecule has 37 heavy (non-hydrogen) atoms. The third-order valence-corrected chi connectivity index (χ3v) is 11.9. The monoisotopic (exact) mass is 614 g/mol. The molecule has 0 aromatic carbocycles. The average Bonchev–Trinajstić information content (AvgIpc) is 2.87. The lowest BCUT2D eigenvalue weighted by molar-refractivity contribution is -0.910. The summed E-state index contributed by atoms with van der Waals surface area (Å²) in [4.78, 5) is 32.9. The second-order valence-corrected chi connectivity index (χ2v) is 16.3. The van der Waals surface area contributed by atoms with Crippen LogP contribution in [0, 0.1) is 0 Å². The van der Waals surface area contributed by atoms with Gasteiger partial charge in [-0.2, -0.15) is 0 Å². The summed E-state index contributed by atoms with van der Waals surface area (Å²) in [5, 5.41) is 6.57. The van der Waals surface area contributed by atoms with Crippen LogP contribution in [0.1, 0.15) is 97.8 Å². The predicted octanol–water partition coefficient (Wildman–Crippen LogP) is 5.78. The minimum Gasteiger partial charge on any atom is -0.326 e. The van der Waals surface area contributed by atoms with Crippen molar-refractivity contribution < 1.29 is 33.2 Å². The van der Waals surface area contributed by atoms with E-state index in [2.05, 4.69) is 38.5 Å². The van der Waals surface area contributed by atoms with E-state index in [1.54, 1.807) is 0 Å². The first kappa shape index (κ1) is 39.9. The molecule has 13 heteroatoms. The summed E-state index contributed by atoms with van der Waals surface area (Å²) in [6.45, 7) is 16.0. The van der Waals surface area contributed by atoms with Gasteiger partial charge in [-0.05, 0) is 71.1 Å². The van der Waals surface area contributed by atoms with Crippen LogP contribution in [-0.4, -0.2) is 80.7 Å². The SMILES string of the molecule is C1CCNCC1.C1CCNCC1.CCCC[N+](C)(CCCC)CCCC.O=P(O)(O)C(Cl)(Cl)P(=O)(O)O. The number of nitrogens with zero attached hydrogens (tertiary/aromatic N) is 1. The average molecular weight is 616 g/mol. The van der Waals surface area contributed by atoms with Gasteiger partial charge in [-0.15, -0.1) is 0 Å². The van der Waals surface area contributed by atoms with Crippen LogP contribution in [0.5, 0.6) is 0 Å². The van der Waals surface area contributed by atoms with Gasteiger partial charge in [-0.25, -0.2) is 0 Å². The number of hydrogen-bond acceptors (Lipinski definition) is 4. The van der Waals surface area contributed by atoms with Crippen molar-refractivity contribution in [3.05, 3.63) is 0 Å². The van der Waals surface area contributed by atoms with Crippen LogP contribution in [0.4, 0.5) is 0 Å². The van der Waals surface area contributed by atoms with Crippen molar-refractivity contribution in [2.24, 2.45) is 0 Å². The summed E-state index contributed by atoms with van der Waals surface area (Å²) in [7, 11) is -8.00. The molecule has 0 spiro atoms. The Morgan fingerprint density at radius 1 is 0.649 bits per heavy atom. The molecule has 2 saturated heterocycles. The minimum absolute atomic E-state index is 1.25. The summed E-state index contributed by atoms with van der Waals surface area (Å²) < 4.78 is 18.4. The third kappa shape index (κ3) is 21.2. The van der Waals surface area contributed by atoms with Gasteiger partial charge >= 0.3 is 19.0 Å². The minimum atomic E-state index is -5.22. The molecule has 226 valence electrons. The molecule has 0 unspecified atom stereocenters. The van der Waals surface area contributed by atoms with Crippen molar-refractivity contribution in [1.82, 2.24) is 10.6 Å². The number of alkyl halides is 2. The lowest BCUT2D eigenvalue weighted by Gasteiger charge is -2.34. The normalized spacial score (nSPS) is 16.8. The smallest absolute Gasteiger partial charge is 0.326 e. The molecule has 2 aliphatic rings. The van der Waals surface area contributed by atoms with Gasteiger partial charge in [-0.1, -0.05) is 76.1 Å². The first-order chi connectivity index (χ1) is 17.2. The molecule has 9 nitrogen and oxygen atoms in total. The zero-order chi connectivity index (χ0) is 28.8. The molecule has 0 aromatic heterocycles. The van der Waals surface area contributed by atoms with Crippen molar-refractivity contribution in [2.45, 2.75) is 102 Å². The van der Waals surface area contributed by atoms with Gasteiger partial charge in [0.05, 0.1) is 26.7 Å². The predicted molar refractivity (Wildman–Crippen MR) is 157 cm³/mol. The van der Waals surface area contributed by atoms with E-state index in [1.807, 2.05) is 0 Å². The highest BCUT2D eigenvalue weighted by molar-refractivity contribution is 7.78. The van der Waals surface area contributed by atoms with E-state index in [0.717, 1.165) is 0 Å². The van der Waals surface area contributed by atoms with Crippen LogP contribution in [0.15, 0.2) is 0 Å². The highest BCUT2D eigenvalue weighted by atomic mass is 35.5. The molecule has 2 heterocycles. The van der Waals surface area contributed by atoms with Gasteiger partial charge in [0.25, 0.3) is 0 Å². The largest absolute Gasteiger partial charge is 0.373 e. The van der Waals surface area contributed by atoms with Gasteiger partial charge in [0, 0.05) is 0 Å². The van der Waals surface area contributed by atoms with E-state index in [4.69, 9.17) is 42.8 Å². The van der Waals surface area contributed by atoms with Crippen LogP contribution >= 0.6 is 38.4 Å². The molecule has 0 aliphatic carbocycles. The van der Waals surface area contributed by atoms with Gasteiger partial charge in [0.2, 0.25) is 0 Å². The number of unbranched alkanes of at least 4 members (excludes halogenated alkanes) is 3. The maximum atomic E-state index is 10.2.